The molecule has 0 radical (unpaired) electrons. The van der Waals surface area contributed by atoms with E-state index in [0.717, 1.165) is 16.9 Å². The summed E-state index contributed by atoms with van der Waals surface area (Å²) in [6.07, 6.45) is 1.09. The molecule has 3 N–H and O–H groups in total. The van der Waals surface area contributed by atoms with Gasteiger partial charge in [0, 0.05) is 37.7 Å². The number of aromatic amines is 1. The lowest BCUT2D eigenvalue weighted by Crippen LogP contribution is -2.48. The number of β-amino-alcohol motifs (C(OH)–C–C–N with tert-alkyl or cyclic N) is 1. The van der Waals surface area contributed by atoms with Crippen molar-refractivity contribution in [2.75, 3.05) is 13.1 Å². The molecular formula is C25H33N5O5. The molecule has 10 heteroatoms. The summed E-state index contributed by atoms with van der Waals surface area (Å²) in [5.41, 5.74) is -0.697. The van der Waals surface area contributed by atoms with E-state index in [-0.39, 0.29) is 32.0 Å². The third kappa shape index (κ3) is 5.08. The average Bonchev–Trinajstić information content (AvgIpc) is 3.03. The summed E-state index contributed by atoms with van der Waals surface area (Å²) >= 11 is 0. The van der Waals surface area contributed by atoms with E-state index in [1.165, 1.54) is 22.6 Å². The molecular weight excluding hydrogens is 450 g/mol. The highest BCUT2D eigenvalue weighted by Crippen LogP contribution is 2.31. The van der Waals surface area contributed by atoms with Crippen molar-refractivity contribution in [1.29, 1.82) is 0 Å². The zero-order valence-corrected chi connectivity index (χ0v) is 20.6. The molecule has 1 fully saturated rings. The maximum Gasteiger partial charge on any atom is 0.328 e. The molecule has 3 heterocycles. The Hall–Kier alpha value is -3.24. The largest absolute Gasteiger partial charge is 0.391 e. The molecule has 2 aromatic heterocycles. The molecule has 0 unspecified atom stereocenters. The molecule has 3 atom stereocenters. The van der Waals surface area contributed by atoms with Gasteiger partial charge >= 0.3 is 5.69 Å². The van der Waals surface area contributed by atoms with Crippen molar-refractivity contribution in [3.8, 4) is 0 Å². The van der Waals surface area contributed by atoms with E-state index in [2.05, 4.69) is 18.8 Å². The van der Waals surface area contributed by atoms with Crippen LogP contribution in [0.25, 0.3) is 11.0 Å². The third-order valence-electron chi connectivity index (χ3n) is 6.64. The first-order valence-electron chi connectivity index (χ1n) is 11.9. The number of aryl methyl sites for hydroxylation is 1. The van der Waals surface area contributed by atoms with Gasteiger partial charge in [0.05, 0.1) is 28.8 Å². The number of carbonyl (C=O) groups is 1. The molecule has 10 nitrogen and oxygen atoms in total. The molecule has 0 spiro atoms. The number of hydrogen-bond donors (Lipinski definition) is 3. The highest BCUT2D eigenvalue weighted by Gasteiger charge is 2.42. The first-order chi connectivity index (χ1) is 16.5. The average molecular weight is 484 g/mol. The number of likely N-dealkylation sites (tertiary alicyclic amines) is 1. The highest BCUT2D eigenvalue weighted by atomic mass is 16.3. The van der Waals surface area contributed by atoms with Crippen molar-refractivity contribution in [2.45, 2.75) is 64.8 Å². The predicted octanol–water partition coefficient (Wildman–Crippen LogP) is 0.979. The fraction of sp³-hybridized carbons (Fsp3) is 0.520. The molecule has 1 saturated heterocycles. The molecule has 3 aromatic rings. The molecule has 0 bridgehead atoms. The number of nitrogens with one attached hydrogen (secondary N) is 1. The Kier molecular flexibility index (Phi) is 6.70. The molecule has 1 aliphatic heterocycles. The summed E-state index contributed by atoms with van der Waals surface area (Å²) in [6, 6.07) is 6.78. The Bertz CT molecular complexity index is 1350. The molecule has 1 aliphatic rings. The van der Waals surface area contributed by atoms with Crippen LogP contribution in [-0.4, -0.2) is 64.9 Å². The minimum atomic E-state index is -1.49. The van der Waals surface area contributed by atoms with Gasteiger partial charge in [0.1, 0.15) is 12.4 Å². The number of benzene rings is 1. The SMILES string of the molecule is Cc1cn([C@H]2CN(C(=O)Cn3c(CC(C)C)nc4ccccc43)C[C@H](O)C[C@]2(C)O)c(=O)[nH]c1=O. The summed E-state index contributed by atoms with van der Waals surface area (Å²) < 4.78 is 3.16. The number of hydrogen-bond acceptors (Lipinski definition) is 6. The van der Waals surface area contributed by atoms with Crippen LogP contribution in [0.1, 0.15) is 44.6 Å². The van der Waals surface area contributed by atoms with Crippen LogP contribution in [0.15, 0.2) is 40.1 Å². The van der Waals surface area contributed by atoms with E-state index in [1.807, 2.05) is 28.8 Å². The van der Waals surface area contributed by atoms with Crippen molar-refractivity contribution in [2.24, 2.45) is 5.92 Å². The number of amides is 1. The zero-order chi connectivity index (χ0) is 25.5. The van der Waals surface area contributed by atoms with Crippen molar-refractivity contribution in [3.05, 3.63) is 62.7 Å². The molecule has 4 rings (SSSR count). The Morgan fingerprint density at radius 1 is 1.26 bits per heavy atom. The standard InChI is InChI=1S/C25H33N5O5/c1-15(2)9-21-26-18-7-5-6-8-19(18)29(21)14-22(32)28-12-17(31)10-25(4,35)20(13-28)30-11-16(3)23(33)27-24(30)34/h5-8,11,15,17,20,31,35H,9-10,12-14H2,1-4H3,(H,27,33,34)/t17-,20+,25+/m1/s1. The van der Waals surface area contributed by atoms with Gasteiger partial charge in [-0.2, -0.15) is 0 Å². The second-order valence-corrected chi connectivity index (χ2v) is 10.2. The molecule has 0 aliphatic carbocycles. The monoisotopic (exact) mass is 483 g/mol. The van der Waals surface area contributed by atoms with Crippen LogP contribution in [0.5, 0.6) is 0 Å². The van der Waals surface area contributed by atoms with Gasteiger partial charge in [-0.05, 0) is 31.9 Å². The lowest BCUT2D eigenvalue weighted by atomic mass is 9.91. The van der Waals surface area contributed by atoms with Crippen LogP contribution in [0, 0.1) is 12.8 Å². The first-order valence-corrected chi connectivity index (χ1v) is 11.9. The molecule has 1 amide bonds. The maximum absolute atomic E-state index is 13.6. The number of H-pyrrole nitrogens is 1. The minimum absolute atomic E-state index is 0.000424. The Balaban J connectivity index is 1.70. The lowest BCUT2D eigenvalue weighted by Gasteiger charge is -2.34. The van der Waals surface area contributed by atoms with Crippen LogP contribution in [0.4, 0.5) is 0 Å². The number of nitrogens with zero attached hydrogens (tertiary/aromatic N) is 4. The van der Waals surface area contributed by atoms with Crippen LogP contribution >= 0.6 is 0 Å². The summed E-state index contributed by atoms with van der Waals surface area (Å²) in [5.74, 6) is 0.894. The smallest absolute Gasteiger partial charge is 0.328 e. The molecule has 0 saturated carbocycles. The number of fused-ring (bicyclic) bond motifs is 1. The van der Waals surface area contributed by atoms with E-state index in [1.54, 1.807) is 6.92 Å². The van der Waals surface area contributed by atoms with Gasteiger partial charge in [-0.3, -0.25) is 19.1 Å². The Morgan fingerprint density at radius 2 is 1.97 bits per heavy atom. The van der Waals surface area contributed by atoms with E-state index < -0.39 is 29.0 Å². The quantitative estimate of drug-likeness (QED) is 0.495. The van der Waals surface area contributed by atoms with E-state index in [0.29, 0.717) is 17.9 Å². The van der Waals surface area contributed by atoms with E-state index >= 15 is 0 Å². The second-order valence-electron chi connectivity index (χ2n) is 10.2. The second kappa shape index (κ2) is 9.43. The van der Waals surface area contributed by atoms with Crippen molar-refractivity contribution < 1.29 is 15.0 Å². The van der Waals surface area contributed by atoms with Gasteiger partial charge in [-0.25, -0.2) is 9.78 Å². The third-order valence-corrected chi connectivity index (χ3v) is 6.64. The van der Waals surface area contributed by atoms with E-state index in [4.69, 9.17) is 4.98 Å². The van der Waals surface area contributed by atoms with Crippen LogP contribution in [0.2, 0.25) is 0 Å². The summed E-state index contributed by atoms with van der Waals surface area (Å²) in [4.78, 5) is 46.5. The van der Waals surface area contributed by atoms with Crippen LogP contribution in [0.3, 0.4) is 0 Å². The van der Waals surface area contributed by atoms with Gasteiger partial charge in [0.25, 0.3) is 5.56 Å². The van der Waals surface area contributed by atoms with E-state index in [9.17, 15) is 24.6 Å². The van der Waals surface area contributed by atoms with Crippen molar-refractivity contribution in [3.63, 3.8) is 0 Å². The number of imidazole rings is 1. The Labute approximate surface area is 202 Å². The van der Waals surface area contributed by atoms with Gasteiger partial charge in [-0.1, -0.05) is 26.0 Å². The van der Waals surface area contributed by atoms with Gasteiger partial charge in [0.15, 0.2) is 0 Å². The molecule has 1 aromatic carbocycles. The number of rotatable bonds is 5. The molecule has 35 heavy (non-hydrogen) atoms. The highest BCUT2D eigenvalue weighted by molar-refractivity contribution is 5.81. The summed E-state index contributed by atoms with van der Waals surface area (Å²) in [7, 11) is 0. The van der Waals surface area contributed by atoms with Gasteiger partial charge < -0.3 is 19.7 Å². The van der Waals surface area contributed by atoms with Crippen molar-refractivity contribution >= 4 is 16.9 Å². The fourth-order valence-electron chi connectivity index (χ4n) is 4.88. The number of carbonyl (C=O) groups excluding carboxylic acids is 1. The van der Waals surface area contributed by atoms with Crippen molar-refractivity contribution in [1.82, 2.24) is 24.0 Å². The zero-order valence-electron chi connectivity index (χ0n) is 20.6. The number of para-hydroxylation sites is 2. The maximum atomic E-state index is 13.6. The first kappa shape index (κ1) is 24.9. The molecule has 188 valence electrons. The fourth-order valence-corrected chi connectivity index (χ4v) is 4.88. The predicted molar refractivity (Wildman–Crippen MR) is 131 cm³/mol. The Morgan fingerprint density at radius 3 is 2.69 bits per heavy atom. The summed E-state index contributed by atoms with van der Waals surface area (Å²) in [5, 5.41) is 21.8. The van der Waals surface area contributed by atoms with Crippen LogP contribution in [-0.2, 0) is 17.8 Å². The number of aromatic nitrogens is 4. The minimum Gasteiger partial charge on any atom is -0.391 e. The van der Waals surface area contributed by atoms with Crippen LogP contribution < -0.4 is 11.2 Å². The van der Waals surface area contributed by atoms with Gasteiger partial charge in [-0.15, -0.1) is 0 Å². The van der Waals surface area contributed by atoms with Gasteiger partial charge in [0.2, 0.25) is 5.91 Å². The lowest BCUT2D eigenvalue weighted by molar-refractivity contribution is -0.133. The number of aliphatic hydroxyl groups excluding tert-OH is 1. The normalized spacial score (nSPS) is 23.1. The number of aliphatic hydroxyl groups is 2. The summed E-state index contributed by atoms with van der Waals surface area (Å²) in [6.45, 7) is 7.32. The topological polar surface area (TPSA) is 133 Å².